The second-order valence-electron chi connectivity index (χ2n) is 7.20. The predicted molar refractivity (Wildman–Crippen MR) is 115 cm³/mol. The SMILES string of the molecule is Cc1cccc(N(Cc2nc3nc(C)cc(C)n3n2)C(=O)COc2ccccc2)c1. The molecule has 7 nitrogen and oxygen atoms in total. The summed E-state index contributed by atoms with van der Waals surface area (Å²) in [7, 11) is 0. The number of ether oxygens (including phenoxy) is 1. The molecule has 2 aromatic carbocycles. The smallest absolute Gasteiger partial charge is 0.265 e. The summed E-state index contributed by atoms with van der Waals surface area (Å²) in [6.45, 7) is 6.01. The van der Waals surface area contributed by atoms with Crippen LogP contribution in [0.15, 0.2) is 60.7 Å². The number of benzene rings is 2. The molecule has 0 atom stereocenters. The number of hydrogen-bond acceptors (Lipinski definition) is 5. The summed E-state index contributed by atoms with van der Waals surface area (Å²) >= 11 is 0. The van der Waals surface area contributed by atoms with Crippen LogP contribution in [0.25, 0.3) is 5.78 Å². The molecule has 0 bridgehead atoms. The molecule has 0 saturated carbocycles. The van der Waals surface area contributed by atoms with Gasteiger partial charge in [0, 0.05) is 17.1 Å². The fraction of sp³-hybridized carbons (Fsp3) is 0.217. The Labute approximate surface area is 175 Å². The first kappa shape index (κ1) is 19.6. The summed E-state index contributed by atoms with van der Waals surface area (Å²) in [5, 5.41) is 4.55. The van der Waals surface area contributed by atoms with E-state index in [0.717, 1.165) is 22.6 Å². The standard InChI is InChI=1S/C23H23N5O2/c1-16-8-7-9-19(12-16)27(22(29)15-30-20-10-5-4-6-11-20)14-21-25-23-24-17(2)13-18(3)28(23)26-21/h4-13H,14-15H2,1-3H3. The lowest BCUT2D eigenvalue weighted by molar-refractivity contribution is -0.120. The second kappa shape index (κ2) is 8.32. The van der Waals surface area contributed by atoms with Crippen LogP contribution in [0.4, 0.5) is 5.69 Å². The number of aryl methyl sites for hydroxylation is 3. The Morgan fingerprint density at radius 1 is 1.00 bits per heavy atom. The highest BCUT2D eigenvalue weighted by atomic mass is 16.5. The van der Waals surface area contributed by atoms with Gasteiger partial charge in [0.2, 0.25) is 0 Å². The van der Waals surface area contributed by atoms with E-state index in [-0.39, 0.29) is 19.1 Å². The molecule has 0 aliphatic heterocycles. The lowest BCUT2D eigenvalue weighted by atomic mass is 10.2. The fourth-order valence-electron chi connectivity index (χ4n) is 3.28. The molecule has 7 heteroatoms. The molecular formula is C23H23N5O2. The van der Waals surface area contributed by atoms with E-state index in [1.54, 1.807) is 9.42 Å². The van der Waals surface area contributed by atoms with Gasteiger partial charge in [0.15, 0.2) is 12.4 Å². The van der Waals surface area contributed by atoms with Gasteiger partial charge in [-0.15, -0.1) is 5.10 Å². The summed E-state index contributed by atoms with van der Waals surface area (Å²) in [6, 6.07) is 19.0. The largest absolute Gasteiger partial charge is 0.484 e. The number of anilines is 1. The number of hydrogen-bond donors (Lipinski definition) is 0. The zero-order chi connectivity index (χ0) is 21.1. The van der Waals surface area contributed by atoms with Gasteiger partial charge in [0.1, 0.15) is 5.75 Å². The van der Waals surface area contributed by atoms with Crippen molar-refractivity contribution in [1.29, 1.82) is 0 Å². The molecule has 0 radical (unpaired) electrons. The van der Waals surface area contributed by atoms with Crippen LogP contribution in [-0.2, 0) is 11.3 Å². The maximum atomic E-state index is 13.1. The van der Waals surface area contributed by atoms with Crippen LogP contribution in [0.5, 0.6) is 5.75 Å². The van der Waals surface area contributed by atoms with Crippen LogP contribution < -0.4 is 9.64 Å². The first-order valence-electron chi connectivity index (χ1n) is 9.74. The Bertz CT molecular complexity index is 1190. The molecule has 0 N–H and O–H groups in total. The number of rotatable bonds is 6. The van der Waals surface area contributed by atoms with Gasteiger partial charge >= 0.3 is 0 Å². The van der Waals surface area contributed by atoms with Crippen molar-refractivity contribution in [2.75, 3.05) is 11.5 Å². The van der Waals surface area contributed by atoms with Crippen molar-refractivity contribution in [2.45, 2.75) is 27.3 Å². The number of para-hydroxylation sites is 1. The van der Waals surface area contributed by atoms with Crippen molar-refractivity contribution in [3.63, 3.8) is 0 Å². The molecule has 0 aliphatic rings. The monoisotopic (exact) mass is 401 g/mol. The highest BCUT2D eigenvalue weighted by Gasteiger charge is 2.20. The molecule has 0 saturated heterocycles. The topological polar surface area (TPSA) is 72.6 Å². The minimum atomic E-state index is -0.177. The lowest BCUT2D eigenvalue weighted by Gasteiger charge is -2.22. The lowest BCUT2D eigenvalue weighted by Crippen LogP contribution is -2.35. The third-order valence-electron chi connectivity index (χ3n) is 4.68. The van der Waals surface area contributed by atoms with Crippen molar-refractivity contribution in [1.82, 2.24) is 19.6 Å². The summed E-state index contributed by atoms with van der Waals surface area (Å²) < 4.78 is 7.38. The molecule has 0 spiro atoms. The second-order valence-corrected chi connectivity index (χ2v) is 7.20. The van der Waals surface area contributed by atoms with E-state index in [9.17, 15) is 4.79 Å². The first-order chi connectivity index (χ1) is 14.5. The third kappa shape index (κ3) is 4.30. The predicted octanol–water partition coefficient (Wildman–Crippen LogP) is 3.66. The molecule has 152 valence electrons. The Morgan fingerprint density at radius 2 is 1.80 bits per heavy atom. The molecule has 0 fully saturated rings. The van der Waals surface area contributed by atoms with Crippen molar-refractivity contribution in [2.24, 2.45) is 0 Å². The highest BCUT2D eigenvalue weighted by Crippen LogP contribution is 2.19. The van der Waals surface area contributed by atoms with Gasteiger partial charge in [0.25, 0.3) is 11.7 Å². The summed E-state index contributed by atoms with van der Waals surface area (Å²) in [5.41, 5.74) is 3.65. The minimum Gasteiger partial charge on any atom is -0.484 e. The molecule has 4 aromatic rings. The molecule has 4 rings (SSSR count). The zero-order valence-electron chi connectivity index (χ0n) is 17.2. The summed E-state index contributed by atoms with van der Waals surface area (Å²) in [6.07, 6.45) is 0. The van der Waals surface area contributed by atoms with Gasteiger partial charge in [-0.3, -0.25) is 4.79 Å². The normalized spacial score (nSPS) is 10.9. The van der Waals surface area contributed by atoms with Crippen LogP contribution in [0.1, 0.15) is 22.8 Å². The molecule has 2 aromatic heterocycles. The Kier molecular flexibility index (Phi) is 5.43. The van der Waals surface area contributed by atoms with Gasteiger partial charge in [-0.25, -0.2) is 9.50 Å². The number of amides is 1. The van der Waals surface area contributed by atoms with Gasteiger partial charge < -0.3 is 9.64 Å². The number of aromatic nitrogens is 4. The van der Waals surface area contributed by atoms with Gasteiger partial charge in [-0.2, -0.15) is 4.98 Å². The average molecular weight is 401 g/mol. The van der Waals surface area contributed by atoms with E-state index >= 15 is 0 Å². The molecule has 1 amide bonds. The van der Waals surface area contributed by atoms with Crippen molar-refractivity contribution < 1.29 is 9.53 Å². The fourth-order valence-corrected chi connectivity index (χ4v) is 3.28. The van der Waals surface area contributed by atoms with E-state index in [1.807, 2.05) is 81.4 Å². The minimum absolute atomic E-state index is 0.0816. The van der Waals surface area contributed by atoms with Crippen molar-refractivity contribution in [3.05, 3.63) is 83.4 Å². The first-order valence-corrected chi connectivity index (χ1v) is 9.74. The molecule has 0 aliphatic carbocycles. The van der Waals surface area contributed by atoms with E-state index in [4.69, 9.17) is 4.74 Å². The zero-order valence-corrected chi connectivity index (χ0v) is 17.2. The maximum absolute atomic E-state index is 13.1. The van der Waals surface area contributed by atoms with Gasteiger partial charge in [-0.05, 0) is 56.7 Å². The molecule has 0 unspecified atom stereocenters. The molecule has 30 heavy (non-hydrogen) atoms. The van der Waals surface area contributed by atoms with Gasteiger partial charge in [-0.1, -0.05) is 30.3 Å². The van der Waals surface area contributed by atoms with E-state index in [0.29, 0.717) is 17.4 Å². The quantitative estimate of drug-likeness (QED) is 0.493. The van der Waals surface area contributed by atoms with E-state index in [2.05, 4.69) is 15.1 Å². The number of carbonyl (C=O) groups excluding carboxylic acids is 1. The van der Waals surface area contributed by atoms with Crippen LogP contribution in [0.2, 0.25) is 0 Å². The van der Waals surface area contributed by atoms with Crippen molar-refractivity contribution >= 4 is 17.4 Å². The third-order valence-corrected chi connectivity index (χ3v) is 4.68. The number of nitrogens with zero attached hydrogens (tertiary/aromatic N) is 5. The Hall–Kier alpha value is -3.74. The molecular weight excluding hydrogens is 378 g/mol. The molecule has 2 heterocycles. The Balaban J connectivity index is 1.62. The van der Waals surface area contributed by atoms with Crippen LogP contribution in [0.3, 0.4) is 0 Å². The summed E-state index contributed by atoms with van der Waals surface area (Å²) in [5.74, 6) is 1.52. The highest BCUT2D eigenvalue weighted by molar-refractivity contribution is 5.94. The van der Waals surface area contributed by atoms with E-state index < -0.39 is 0 Å². The van der Waals surface area contributed by atoms with Crippen LogP contribution >= 0.6 is 0 Å². The van der Waals surface area contributed by atoms with Crippen LogP contribution in [0, 0.1) is 20.8 Å². The number of carbonyl (C=O) groups is 1. The Morgan fingerprint density at radius 3 is 2.57 bits per heavy atom. The van der Waals surface area contributed by atoms with Crippen LogP contribution in [-0.4, -0.2) is 32.1 Å². The maximum Gasteiger partial charge on any atom is 0.265 e. The van der Waals surface area contributed by atoms with Crippen molar-refractivity contribution in [3.8, 4) is 5.75 Å². The van der Waals surface area contributed by atoms with Gasteiger partial charge in [0.05, 0.1) is 6.54 Å². The van der Waals surface area contributed by atoms with E-state index in [1.165, 1.54) is 0 Å². The number of fused-ring (bicyclic) bond motifs is 1. The summed E-state index contributed by atoms with van der Waals surface area (Å²) in [4.78, 5) is 23.7. The average Bonchev–Trinajstić information content (AvgIpc) is 3.14.